The zero-order chi connectivity index (χ0) is 10.1. The van der Waals surface area contributed by atoms with Crippen molar-refractivity contribution in [1.29, 1.82) is 0 Å². The van der Waals surface area contributed by atoms with E-state index in [0.29, 0.717) is 0 Å². The average Bonchev–Trinajstić information content (AvgIpc) is 2.48. The van der Waals surface area contributed by atoms with Crippen molar-refractivity contribution in [3.63, 3.8) is 0 Å². The average molecular weight is 206 g/mol. The summed E-state index contributed by atoms with van der Waals surface area (Å²) in [7, 11) is 0. The number of aryl methyl sites for hydroxylation is 2. The highest BCUT2D eigenvalue weighted by Gasteiger charge is 2.09. The van der Waals surface area contributed by atoms with Crippen molar-refractivity contribution >= 4 is 11.3 Å². The first kappa shape index (κ1) is 9.41. The Bertz CT molecular complexity index is 457. The summed E-state index contributed by atoms with van der Waals surface area (Å²) < 4.78 is 13.6. The monoisotopic (exact) mass is 206 g/mol. The summed E-state index contributed by atoms with van der Waals surface area (Å²) in [5.74, 6) is -0.0828. The third kappa shape index (κ3) is 1.58. The van der Waals surface area contributed by atoms with E-state index in [9.17, 15) is 4.39 Å². The van der Waals surface area contributed by atoms with Crippen molar-refractivity contribution in [2.75, 3.05) is 0 Å². The lowest BCUT2D eigenvalue weighted by Crippen LogP contribution is -1.80. The van der Waals surface area contributed by atoms with E-state index < -0.39 is 0 Å². The second-order valence-corrected chi connectivity index (χ2v) is 4.47. The molecule has 0 fully saturated rings. The van der Waals surface area contributed by atoms with Crippen LogP contribution in [-0.2, 0) is 0 Å². The van der Waals surface area contributed by atoms with E-state index in [2.05, 4.69) is 0 Å². The van der Waals surface area contributed by atoms with Gasteiger partial charge in [0.2, 0.25) is 0 Å². The van der Waals surface area contributed by atoms with Gasteiger partial charge in [0, 0.05) is 15.8 Å². The highest BCUT2D eigenvalue weighted by molar-refractivity contribution is 7.10. The van der Waals surface area contributed by atoms with Crippen molar-refractivity contribution < 1.29 is 4.39 Å². The maximum absolute atomic E-state index is 13.6. The second kappa shape index (κ2) is 3.54. The summed E-state index contributed by atoms with van der Waals surface area (Å²) in [6, 6.07) is 7.92. The van der Waals surface area contributed by atoms with Gasteiger partial charge in [0.25, 0.3) is 0 Å². The number of halogens is 1. The largest absolute Gasteiger partial charge is 0.205 e. The molecular weight excluding hydrogens is 195 g/mol. The molecule has 0 nitrogen and oxygen atoms in total. The topological polar surface area (TPSA) is 0 Å². The summed E-state index contributed by atoms with van der Waals surface area (Å²) in [4.78, 5) is 0.751. The number of thiophene rings is 1. The van der Waals surface area contributed by atoms with E-state index in [4.69, 9.17) is 0 Å². The van der Waals surface area contributed by atoms with E-state index >= 15 is 0 Å². The minimum atomic E-state index is -0.0828. The maximum Gasteiger partial charge on any atom is 0.144 e. The fourth-order valence-corrected chi connectivity index (χ4v) is 2.20. The quantitative estimate of drug-likeness (QED) is 0.657. The van der Waals surface area contributed by atoms with Gasteiger partial charge in [-0.2, -0.15) is 0 Å². The maximum atomic E-state index is 13.6. The van der Waals surface area contributed by atoms with Crippen molar-refractivity contribution in [3.8, 4) is 11.1 Å². The molecule has 0 aliphatic rings. The lowest BCUT2D eigenvalue weighted by Gasteiger charge is -1.99. The minimum absolute atomic E-state index is 0.0828. The molecule has 0 aliphatic carbocycles. The smallest absolute Gasteiger partial charge is 0.144 e. The molecular formula is C12H11FS. The minimum Gasteiger partial charge on any atom is -0.205 e. The number of rotatable bonds is 1. The first-order valence-electron chi connectivity index (χ1n) is 4.49. The summed E-state index contributed by atoms with van der Waals surface area (Å²) in [5, 5.41) is 1.87. The van der Waals surface area contributed by atoms with Crippen molar-refractivity contribution in [1.82, 2.24) is 0 Å². The lowest BCUT2D eigenvalue weighted by molar-refractivity contribution is 0.629. The zero-order valence-electron chi connectivity index (χ0n) is 8.17. The summed E-state index contributed by atoms with van der Waals surface area (Å²) in [6.07, 6.45) is 0. The van der Waals surface area contributed by atoms with Gasteiger partial charge >= 0.3 is 0 Å². The van der Waals surface area contributed by atoms with Crippen LogP contribution in [0, 0.1) is 19.7 Å². The lowest BCUT2D eigenvalue weighted by atomic mass is 10.1. The van der Waals surface area contributed by atoms with E-state index in [1.165, 1.54) is 11.3 Å². The Morgan fingerprint density at radius 2 is 2.00 bits per heavy atom. The van der Waals surface area contributed by atoms with E-state index in [1.54, 1.807) is 6.92 Å². The SMILES string of the molecule is Cc1cccc(-c2csc(C)c2F)c1. The van der Waals surface area contributed by atoms with Gasteiger partial charge in [-0.25, -0.2) is 4.39 Å². The van der Waals surface area contributed by atoms with Crippen LogP contribution in [0.15, 0.2) is 29.6 Å². The summed E-state index contributed by atoms with van der Waals surface area (Å²) in [5.41, 5.74) is 2.84. The Morgan fingerprint density at radius 1 is 1.21 bits per heavy atom. The molecule has 0 radical (unpaired) electrons. The van der Waals surface area contributed by atoms with Gasteiger partial charge in [0.1, 0.15) is 5.82 Å². The molecule has 14 heavy (non-hydrogen) atoms. The summed E-state index contributed by atoms with van der Waals surface area (Å²) >= 11 is 1.46. The van der Waals surface area contributed by atoms with Gasteiger partial charge in [0.15, 0.2) is 0 Å². The summed E-state index contributed by atoms with van der Waals surface area (Å²) in [6.45, 7) is 3.82. The predicted octanol–water partition coefficient (Wildman–Crippen LogP) is 4.17. The van der Waals surface area contributed by atoms with Gasteiger partial charge < -0.3 is 0 Å². The van der Waals surface area contributed by atoms with Crippen LogP contribution in [0.3, 0.4) is 0 Å². The molecule has 1 aromatic carbocycles. The van der Waals surface area contributed by atoms with Crippen molar-refractivity contribution in [2.24, 2.45) is 0 Å². The molecule has 0 aliphatic heterocycles. The van der Waals surface area contributed by atoms with Crippen LogP contribution >= 0.6 is 11.3 Å². The Kier molecular flexibility index (Phi) is 2.38. The van der Waals surface area contributed by atoms with Crippen LogP contribution < -0.4 is 0 Å². The number of hydrogen-bond donors (Lipinski definition) is 0. The first-order chi connectivity index (χ1) is 6.68. The van der Waals surface area contributed by atoms with Crippen LogP contribution in [-0.4, -0.2) is 0 Å². The fourth-order valence-electron chi connectivity index (χ4n) is 1.45. The third-order valence-electron chi connectivity index (χ3n) is 2.23. The van der Waals surface area contributed by atoms with Crippen molar-refractivity contribution in [2.45, 2.75) is 13.8 Å². The second-order valence-electron chi connectivity index (χ2n) is 3.39. The molecule has 0 amide bonds. The van der Waals surface area contributed by atoms with Crippen LogP contribution in [0.1, 0.15) is 10.4 Å². The molecule has 2 heteroatoms. The third-order valence-corrected chi connectivity index (χ3v) is 3.11. The Balaban J connectivity index is 2.55. The molecule has 0 saturated heterocycles. The van der Waals surface area contributed by atoms with E-state index in [1.807, 2.05) is 36.6 Å². The highest BCUT2D eigenvalue weighted by Crippen LogP contribution is 2.29. The Labute approximate surface area is 87.0 Å². The van der Waals surface area contributed by atoms with Crippen LogP contribution in [0.25, 0.3) is 11.1 Å². The first-order valence-corrected chi connectivity index (χ1v) is 5.37. The Hall–Kier alpha value is -1.15. The standard InChI is InChI=1S/C12H11FS/c1-8-4-3-5-10(6-8)11-7-14-9(2)12(11)13/h3-7H,1-2H3. The van der Waals surface area contributed by atoms with Gasteiger partial charge in [-0.1, -0.05) is 29.8 Å². The molecule has 2 aromatic rings. The van der Waals surface area contributed by atoms with Crippen molar-refractivity contribution in [3.05, 3.63) is 45.9 Å². The molecule has 0 N–H and O–H groups in total. The Morgan fingerprint density at radius 3 is 2.57 bits per heavy atom. The molecule has 0 saturated carbocycles. The van der Waals surface area contributed by atoms with Crippen LogP contribution in [0.4, 0.5) is 4.39 Å². The van der Waals surface area contributed by atoms with Crippen LogP contribution in [0.5, 0.6) is 0 Å². The normalized spacial score (nSPS) is 10.5. The van der Waals surface area contributed by atoms with Gasteiger partial charge in [-0.3, -0.25) is 0 Å². The number of hydrogen-bond acceptors (Lipinski definition) is 1. The molecule has 0 spiro atoms. The molecule has 72 valence electrons. The molecule has 0 atom stereocenters. The molecule has 1 aromatic heterocycles. The van der Waals surface area contributed by atoms with Gasteiger partial charge in [0.05, 0.1) is 0 Å². The van der Waals surface area contributed by atoms with E-state index in [-0.39, 0.29) is 5.82 Å². The molecule has 0 unspecified atom stereocenters. The van der Waals surface area contributed by atoms with E-state index in [0.717, 1.165) is 21.6 Å². The molecule has 2 rings (SSSR count). The van der Waals surface area contributed by atoms with Gasteiger partial charge in [-0.05, 0) is 19.4 Å². The predicted molar refractivity (Wildman–Crippen MR) is 59.2 cm³/mol. The van der Waals surface area contributed by atoms with Crippen LogP contribution in [0.2, 0.25) is 0 Å². The molecule has 1 heterocycles. The zero-order valence-corrected chi connectivity index (χ0v) is 8.99. The molecule has 0 bridgehead atoms. The fraction of sp³-hybridized carbons (Fsp3) is 0.167. The van der Waals surface area contributed by atoms with Gasteiger partial charge in [-0.15, -0.1) is 11.3 Å². The number of benzene rings is 1. The highest BCUT2D eigenvalue weighted by atomic mass is 32.1.